The molecule has 1 N–H and O–H groups in total. The highest BCUT2D eigenvalue weighted by Crippen LogP contribution is 2.13. The molecule has 6 nitrogen and oxygen atoms in total. The number of rotatable bonds is 3. The second kappa shape index (κ2) is 4.61. The van der Waals surface area contributed by atoms with Gasteiger partial charge in [0.05, 0.1) is 6.20 Å². The zero-order valence-electron chi connectivity index (χ0n) is 8.83. The lowest BCUT2D eigenvalue weighted by Crippen LogP contribution is -2.17. The molecule has 0 spiro atoms. The Morgan fingerprint density at radius 2 is 2.12 bits per heavy atom. The molecule has 0 atom stereocenters. The van der Waals surface area contributed by atoms with E-state index in [2.05, 4.69) is 37.4 Å². The first kappa shape index (κ1) is 12.3. The molecule has 0 unspecified atom stereocenters. The van der Waals surface area contributed by atoms with Crippen molar-refractivity contribution >= 4 is 38.4 Å². The molecule has 0 amide bonds. The standard InChI is InChI=1S/C9H9IN4O2S/c1-14-9(4-5-12-14)17(15,16)13-8-3-2-7(10)6-11-8/h2-6H,1H3,(H,11,13). The van der Waals surface area contributed by atoms with E-state index in [1.807, 2.05) is 0 Å². The summed E-state index contributed by atoms with van der Waals surface area (Å²) in [6, 6.07) is 4.80. The Hall–Kier alpha value is -1.16. The predicted molar refractivity (Wildman–Crippen MR) is 71.0 cm³/mol. The lowest BCUT2D eigenvalue weighted by molar-refractivity contribution is 0.582. The van der Waals surface area contributed by atoms with Crippen LogP contribution in [0.15, 0.2) is 35.6 Å². The topological polar surface area (TPSA) is 76.9 Å². The van der Waals surface area contributed by atoms with Gasteiger partial charge in [-0.2, -0.15) is 13.5 Å². The third-order valence-electron chi connectivity index (χ3n) is 2.02. The molecule has 0 bridgehead atoms. The van der Waals surface area contributed by atoms with E-state index < -0.39 is 10.0 Å². The van der Waals surface area contributed by atoms with Gasteiger partial charge in [0.25, 0.3) is 10.0 Å². The average molecular weight is 364 g/mol. The van der Waals surface area contributed by atoms with Crippen molar-refractivity contribution in [2.45, 2.75) is 5.03 Å². The fourth-order valence-corrected chi connectivity index (χ4v) is 2.71. The number of hydrogen-bond donors (Lipinski definition) is 1. The number of anilines is 1. The summed E-state index contributed by atoms with van der Waals surface area (Å²) in [5.74, 6) is 0.284. The van der Waals surface area contributed by atoms with E-state index in [0.717, 1.165) is 3.57 Å². The molecule has 2 rings (SSSR count). The van der Waals surface area contributed by atoms with Crippen molar-refractivity contribution in [3.05, 3.63) is 34.2 Å². The number of halogens is 1. The largest absolute Gasteiger partial charge is 0.280 e. The summed E-state index contributed by atoms with van der Waals surface area (Å²) in [5, 5.41) is 3.91. The molecular formula is C9H9IN4O2S. The first-order valence-corrected chi connectivity index (χ1v) is 7.17. The lowest BCUT2D eigenvalue weighted by atomic mass is 10.5. The summed E-state index contributed by atoms with van der Waals surface area (Å²) >= 11 is 2.10. The first-order chi connectivity index (χ1) is 7.99. The van der Waals surface area contributed by atoms with E-state index in [4.69, 9.17) is 0 Å². The monoisotopic (exact) mass is 364 g/mol. The molecule has 0 fully saturated rings. The van der Waals surface area contributed by atoms with Crippen LogP contribution in [0.3, 0.4) is 0 Å². The van der Waals surface area contributed by atoms with Crippen LogP contribution in [-0.4, -0.2) is 23.2 Å². The molecule has 0 saturated carbocycles. The Bertz CT molecular complexity index is 621. The predicted octanol–water partition coefficient (Wildman–Crippen LogP) is 1.22. The van der Waals surface area contributed by atoms with E-state index in [9.17, 15) is 8.42 Å². The van der Waals surface area contributed by atoms with Crippen LogP contribution in [0.2, 0.25) is 0 Å². The molecule has 0 aliphatic carbocycles. The maximum absolute atomic E-state index is 12.0. The fraction of sp³-hybridized carbons (Fsp3) is 0.111. The summed E-state index contributed by atoms with van der Waals surface area (Å²) in [6.07, 6.45) is 3.01. The van der Waals surface area contributed by atoms with Gasteiger partial charge in [0.2, 0.25) is 0 Å². The van der Waals surface area contributed by atoms with E-state index in [1.165, 1.54) is 16.9 Å². The van der Waals surface area contributed by atoms with Gasteiger partial charge in [-0.15, -0.1) is 0 Å². The number of aromatic nitrogens is 3. The smallest absolute Gasteiger partial charge is 0.262 e. The van der Waals surface area contributed by atoms with Gasteiger partial charge < -0.3 is 0 Å². The second-order valence-corrected chi connectivity index (χ2v) is 6.14. The third-order valence-corrected chi connectivity index (χ3v) is 4.08. The van der Waals surface area contributed by atoms with Gasteiger partial charge in [0, 0.05) is 16.8 Å². The van der Waals surface area contributed by atoms with Crippen LogP contribution in [0.1, 0.15) is 0 Å². The summed E-state index contributed by atoms with van der Waals surface area (Å²) < 4.78 is 28.5. The summed E-state index contributed by atoms with van der Waals surface area (Å²) in [4.78, 5) is 3.98. The molecule has 17 heavy (non-hydrogen) atoms. The normalized spacial score (nSPS) is 11.4. The van der Waals surface area contributed by atoms with Crippen molar-refractivity contribution in [2.24, 2.45) is 7.05 Å². The zero-order chi connectivity index (χ0) is 12.5. The van der Waals surface area contributed by atoms with Crippen molar-refractivity contribution in [2.75, 3.05) is 4.72 Å². The van der Waals surface area contributed by atoms with Crippen LogP contribution in [-0.2, 0) is 17.1 Å². The molecule has 0 aliphatic rings. The van der Waals surface area contributed by atoms with E-state index in [1.54, 1.807) is 25.4 Å². The summed E-state index contributed by atoms with van der Waals surface area (Å²) in [5.41, 5.74) is 0. The van der Waals surface area contributed by atoms with E-state index >= 15 is 0 Å². The van der Waals surface area contributed by atoms with Crippen LogP contribution < -0.4 is 4.72 Å². The molecule has 0 saturated heterocycles. The van der Waals surface area contributed by atoms with Gasteiger partial charge in [0.1, 0.15) is 5.82 Å². The number of pyridine rings is 1. The van der Waals surface area contributed by atoms with Crippen molar-refractivity contribution in [1.82, 2.24) is 14.8 Å². The molecule has 2 heterocycles. The minimum absolute atomic E-state index is 0.0952. The highest BCUT2D eigenvalue weighted by Gasteiger charge is 2.18. The highest BCUT2D eigenvalue weighted by atomic mass is 127. The van der Waals surface area contributed by atoms with Gasteiger partial charge in [-0.3, -0.25) is 9.40 Å². The quantitative estimate of drug-likeness (QED) is 0.831. The molecule has 0 aromatic carbocycles. The van der Waals surface area contributed by atoms with Crippen LogP contribution in [0.25, 0.3) is 0 Å². The number of aryl methyl sites for hydroxylation is 1. The van der Waals surface area contributed by atoms with Crippen molar-refractivity contribution in [1.29, 1.82) is 0 Å². The van der Waals surface area contributed by atoms with E-state index in [-0.39, 0.29) is 10.8 Å². The van der Waals surface area contributed by atoms with Gasteiger partial charge in [-0.25, -0.2) is 4.98 Å². The minimum Gasteiger partial charge on any atom is -0.262 e. The summed E-state index contributed by atoms with van der Waals surface area (Å²) in [7, 11) is -2.06. The van der Waals surface area contributed by atoms with Crippen LogP contribution in [0.5, 0.6) is 0 Å². The Balaban J connectivity index is 2.30. The molecule has 0 aliphatic heterocycles. The second-order valence-electron chi connectivity index (χ2n) is 3.26. The number of nitrogens with one attached hydrogen (secondary N) is 1. The van der Waals surface area contributed by atoms with Gasteiger partial charge in [-0.05, 0) is 40.8 Å². The Labute approximate surface area is 112 Å². The Morgan fingerprint density at radius 1 is 1.35 bits per heavy atom. The molecule has 90 valence electrons. The minimum atomic E-state index is -3.63. The third kappa shape index (κ3) is 2.75. The maximum Gasteiger partial charge on any atom is 0.280 e. The van der Waals surface area contributed by atoms with Gasteiger partial charge in [-0.1, -0.05) is 0 Å². The van der Waals surface area contributed by atoms with Crippen LogP contribution in [0.4, 0.5) is 5.82 Å². The van der Waals surface area contributed by atoms with E-state index in [0.29, 0.717) is 0 Å². The Kier molecular flexibility index (Phi) is 3.33. The first-order valence-electron chi connectivity index (χ1n) is 4.61. The molecule has 2 aromatic rings. The number of hydrogen-bond acceptors (Lipinski definition) is 4. The molecule has 0 radical (unpaired) electrons. The highest BCUT2D eigenvalue weighted by molar-refractivity contribution is 14.1. The van der Waals surface area contributed by atoms with Gasteiger partial charge >= 0.3 is 0 Å². The SMILES string of the molecule is Cn1nccc1S(=O)(=O)Nc1ccc(I)cn1. The van der Waals surface area contributed by atoms with Gasteiger partial charge in [0.15, 0.2) is 5.03 Å². The zero-order valence-corrected chi connectivity index (χ0v) is 11.8. The molecular weight excluding hydrogens is 355 g/mol. The van der Waals surface area contributed by atoms with Crippen LogP contribution in [0, 0.1) is 3.57 Å². The van der Waals surface area contributed by atoms with Crippen LogP contribution >= 0.6 is 22.6 Å². The Morgan fingerprint density at radius 3 is 2.65 bits per heavy atom. The van der Waals surface area contributed by atoms with Crippen molar-refractivity contribution in [3.8, 4) is 0 Å². The lowest BCUT2D eigenvalue weighted by Gasteiger charge is -2.06. The van der Waals surface area contributed by atoms with Crippen molar-refractivity contribution in [3.63, 3.8) is 0 Å². The molecule has 2 aromatic heterocycles. The number of sulfonamides is 1. The fourth-order valence-electron chi connectivity index (χ4n) is 1.25. The molecule has 8 heteroatoms. The van der Waals surface area contributed by atoms with Crippen molar-refractivity contribution < 1.29 is 8.42 Å². The average Bonchev–Trinajstić information content (AvgIpc) is 2.68. The maximum atomic E-state index is 12.0. The number of nitrogens with zero attached hydrogens (tertiary/aromatic N) is 3. The summed E-state index contributed by atoms with van der Waals surface area (Å²) in [6.45, 7) is 0.